The molecule has 1 amide bonds. The highest BCUT2D eigenvalue weighted by Crippen LogP contribution is 2.19. The highest BCUT2D eigenvalue weighted by Gasteiger charge is 2.12. The summed E-state index contributed by atoms with van der Waals surface area (Å²) in [7, 11) is 0. The highest BCUT2D eigenvalue weighted by atomic mass is 79.9. The van der Waals surface area contributed by atoms with E-state index in [4.69, 9.17) is 5.11 Å². The topological polar surface area (TPSA) is 79.3 Å². The molecule has 102 valence electrons. The molecule has 0 atom stereocenters. The number of carbonyl (C=O) groups is 2. The van der Waals surface area contributed by atoms with Crippen LogP contribution >= 0.6 is 15.9 Å². The largest absolute Gasteiger partial charge is 0.477 e. The summed E-state index contributed by atoms with van der Waals surface area (Å²) in [6.45, 7) is 1.88. The summed E-state index contributed by atoms with van der Waals surface area (Å²) in [4.78, 5) is 26.8. The van der Waals surface area contributed by atoms with E-state index in [0.717, 1.165) is 5.56 Å². The second-order valence-corrected chi connectivity index (χ2v) is 5.00. The fourth-order valence-electron chi connectivity index (χ4n) is 1.62. The molecule has 0 fully saturated rings. The fraction of sp³-hybridized carbons (Fsp3) is 0.0714. The third-order valence-corrected chi connectivity index (χ3v) is 3.27. The predicted octanol–water partition coefficient (Wildman–Crippen LogP) is 3.10. The maximum absolute atomic E-state index is 12.1. The van der Waals surface area contributed by atoms with Crippen molar-refractivity contribution in [1.82, 2.24) is 4.98 Å². The lowest BCUT2D eigenvalue weighted by molar-refractivity contribution is 0.0690. The van der Waals surface area contributed by atoms with Crippen molar-refractivity contribution in [2.24, 2.45) is 0 Å². The minimum absolute atomic E-state index is 0.119. The quantitative estimate of drug-likeness (QED) is 0.903. The van der Waals surface area contributed by atoms with Gasteiger partial charge in [-0.15, -0.1) is 0 Å². The molecule has 0 saturated heterocycles. The number of aromatic carboxylic acids is 1. The number of pyridine rings is 1. The van der Waals surface area contributed by atoms with Gasteiger partial charge in [-0.2, -0.15) is 0 Å². The number of carbonyl (C=O) groups excluding carboxylic acids is 1. The van der Waals surface area contributed by atoms with Crippen molar-refractivity contribution in [1.29, 1.82) is 0 Å². The van der Waals surface area contributed by atoms with Gasteiger partial charge in [-0.25, -0.2) is 9.78 Å². The van der Waals surface area contributed by atoms with Gasteiger partial charge in [0.05, 0.1) is 5.56 Å². The minimum atomic E-state index is -1.14. The van der Waals surface area contributed by atoms with Gasteiger partial charge in [-0.05, 0) is 47.1 Å². The molecule has 1 heterocycles. The van der Waals surface area contributed by atoms with Crippen LogP contribution in [0.15, 0.2) is 40.9 Å². The molecule has 0 aliphatic heterocycles. The Kier molecular flexibility index (Phi) is 4.14. The Balaban J connectivity index is 2.25. The third-order valence-electron chi connectivity index (χ3n) is 2.58. The Morgan fingerprint density at radius 3 is 2.70 bits per heavy atom. The summed E-state index contributed by atoms with van der Waals surface area (Å²) in [6.07, 6.45) is 0. The Morgan fingerprint density at radius 1 is 1.25 bits per heavy atom. The molecule has 1 aromatic heterocycles. The summed E-state index contributed by atoms with van der Waals surface area (Å²) in [5, 5.41) is 11.4. The smallest absolute Gasteiger partial charge is 0.354 e. The molecule has 5 nitrogen and oxygen atoms in total. The van der Waals surface area contributed by atoms with Crippen LogP contribution in [0.5, 0.6) is 0 Å². The van der Waals surface area contributed by atoms with Crippen LogP contribution in [0.1, 0.15) is 26.4 Å². The number of hydrogen-bond acceptors (Lipinski definition) is 3. The number of carboxylic acid groups (broad SMARTS) is 1. The first-order valence-electron chi connectivity index (χ1n) is 5.75. The van der Waals surface area contributed by atoms with Crippen molar-refractivity contribution >= 4 is 33.6 Å². The van der Waals surface area contributed by atoms with Gasteiger partial charge in [-0.3, -0.25) is 4.79 Å². The van der Waals surface area contributed by atoms with E-state index in [2.05, 4.69) is 26.2 Å². The van der Waals surface area contributed by atoms with Crippen molar-refractivity contribution < 1.29 is 14.7 Å². The van der Waals surface area contributed by atoms with Crippen molar-refractivity contribution in [3.8, 4) is 0 Å². The maximum Gasteiger partial charge on any atom is 0.354 e. The van der Waals surface area contributed by atoms with E-state index in [1.165, 1.54) is 18.2 Å². The number of rotatable bonds is 3. The summed E-state index contributed by atoms with van der Waals surface area (Å²) >= 11 is 3.31. The first-order chi connectivity index (χ1) is 9.47. The van der Waals surface area contributed by atoms with Gasteiger partial charge < -0.3 is 10.4 Å². The van der Waals surface area contributed by atoms with E-state index < -0.39 is 5.97 Å². The van der Waals surface area contributed by atoms with Crippen LogP contribution < -0.4 is 5.32 Å². The highest BCUT2D eigenvalue weighted by molar-refractivity contribution is 9.10. The summed E-state index contributed by atoms with van der Waals surface area (Å²) in [5.74, 6) is -1.29. The Hall–Kier alpha value is -2.21. The van der Waals surface area contributed by atoms with Gasteiger partial charge in [0.25, 0.3) is 5.91 Å². The molecule has 6 heteroatoms. The van der Waals surface area contributed by atoms with Crippen LogP contribution in [0.3, 0.4) is 0 Å². The summed E-state index contributed by atoms with van der Waals surface area (Å²) < 4.78 is 0.662. The lowest BCUT2D eigenvalue weighted by Gasteiger charge is -2.07. The molecule has 0 spiro atoms. The summed E-state index contributed by atoms with van der Waals surface area (Å²) in [6, 6.07) is 9.82. The minimum Gasteiger partial charge on any atom is -0.477 e. The molecule has 0 aliphatic carbocycles. The number of nitrogens with one attached hydrogen (secondary N) is 1. The molecular weight excluding hydrogens is 324 g/mol. The second kappa shape index (κ2) is 5.83. The lowest BCUT2D eigenvalue weighted by Crippen LogP contribution is -2.15. The van der Waals surface area contributed by atoms with Crippen LogP contribution in [-0.2, 0) is 0 Å². The van der Waals surface area contributed by atoms with Crippen LogP contribution in [-0.4, -0.2) is 22.0 Å². The predicted molar refractivity (Wildman–Crippen MR) is 78.0 cm³/mol. The third kappa shape index (κ3) is 3.21. The number of hydrogen-bond donors (Lipinski definition) is 2. The molecule has 0 radical (unpaired) electrons. The fourth-order valence-corrected chi connectivity index (χ4v) is 2.05. The molecule has 0 unspecified atom stereocenters. The Bertz CT molecular complexity index is 686. The molecule has 0 aliphatic rings. The number of anilines is 1. The van der Waals surface area contributed by atoms with Crippen molar-refractivity contribution in [3.63, 3.8) is 0 Å². The van der Waals surface area contributed by atoms with Crippen LogP contribution in [0.2, 0.25) is 0 Å². The lowest BCUT2D eigenvalue weighted by atomic mass is 10.1. The number of halogens is 1. The summed E-state index contributed by atoms with van der Waals surface area (Å²) in [5.41, 5.74) is 1.30. The molecule has 2 rings (SSSR count). The zero-order valence-corrected chi connectivity index (χ0v) is 12.1. The van der Waals surface area contributed by atoms with E-state index in [0.29, 0.717) is 10.0 Å². The molecule has 1 aromatic carbocycles. The van der Waals surface area contributed by atoms with Crippen molar-refractivity contribution in [3.05, 3.63) is 57.7 Å². The average Bonchev–Trinajstić information content (AvgIpc) is 2.41. The second-order valence-electron chi connectivity index (χ2n) is 4.15. The van der Waals surface area contributed by atoms with Gasteiger partial charge in [0.15, 0.2) is 5.69 Å². The van der Waals surface area contributed by atoms with Crippen LogP contribution in [0, 0.1) is 6.92 Å². The number of aromatic nitrogens is 1. The normalized spacial score (nSPS) is 10.1. The molecule has 0 bridgehead atoms. The van der Waals surface area contributed by atoms with Crippen molar-refractivity contribution in [2.75, 3.05) is 5.32 Å². The van der Waals surface area contributed by atoms with Crippen LogP contribution in [0.25, 0.3) is 0 Å². The first-order valence-corrected chi connectivity index (χ1v) is 6.54. The zero-order chi connectivity index (χ0) is 14.7. The van der Waals surface area contributed by atoms with Gasteiger partial charge in [0.1, 0.15) is 5.82 Å². The Morgan fingerprint density at radius 2 is 2.00 bits per heavy atom. The SMILES string of the molecule is Cc1ccc(Br)c(C(=O)Nc2cccc(C(=O)O)n2)c1. The first kappa shape index (κ1) is 14.2. The monoisotopic (exact) mass is 334 g/mol. The Labute approximate surface area is 123 Å². The van der Waals surface area contributed by atoms with E-state index in [-0.39, 0.29) is 17.4 Å². The molecule has 20 heavy (non-hydrogen) atoms. The van der Waals surface area contributed by atoms with E-state index in [1.54, 1.807) is 12.1 Å². The van der Waals surface area contributed by atoms with E-state index in [9.17, 15) is 9.59 Å². The maximum atomic E-state index is 12.1. The van der Waals surface area contributed by atoms with Gasteiger partial charge in [0, 0.05) is 4.47 Å². The van der Waals surface area contributed by atoms with E-state index >= 15 is 0 Å². The molecular formula is C14H11BrN2O3. The van der Waals surface area contributed by atoms with Gasteiger partial charge in [-0.1, -0.05) is 17.7 Å². The van der Waals surface area contributed by atoms with E-state index in [1.807, 2.05) is 13.0 Å². The number of benzene rings is 1. The molecule has 2 N–H and O–H groups in total. The number of nitrogens with zero attached hydrogens (tertiary/aromatic N) is 1. The van der Waals surface area contributed by atoms with Gasteiger partial charge >= 0.3 is 5.97 Å². The zero-order valence-electron chi connectivity index (χ0n) is 10.6. The molecule has 0 saturated carbocycles. The number of amides is 1. The standard InChI is InChI=1S/C14H11BrN2O3/c1-8-5-6-10(15)9(7-8)13(18)17-12-4-2-3-11(16-12)14(19)20/h2-7H,1H3,(H,19,20)(H,16,17,18). The van der Waals surface area contributed by atoms with Crippen molar-refractivity contribution in [2.45, 2.75) is 6.92 Å². The van der Waals surface area contributed by atoms with Gasteiger partial charge in [0.2, 0.25) is 0 Å². The number of carboxylic acids is 1. The van der Waals surface area contributed by atoms with Crippen LogP contribution in [0.4, 0.5) is 5.82 Å². The number of aryl methyl sites for hydroxylation is 1. The molecule has 2 aromatic rings. The average molecular weight is 335 g/mol.